The van der Waals surface area contributed by atoms with E-state index in [1.54, 1.807) is 6.33 Å². The first-order chi connectivity index (χ1) is 12.2. The summed E-state index contributed by atoms with van der Waals surface area (Å²) in [6, 6.07) is 10.4. The molecule has 2 fully saturated rings. The van der Waals surface area contributed by atoms with Crippen molar-refractivity contribution in [2.45, 2.75) is 44.4 Å². The molecule has 0 aliphatic carbocycles. The van der Waals surface area contributed by atoms with Crippen LogP contribution in [0.25, 0.3) is 0 Å². The van der Waals surface area contributed by atoms with Crippen LogP contribution < -0.4 is 0 Å². The summed E-state index contributed by atoms with van der Waals surface area (Å²) in [5.74, 6) is 0. The highest BCUT2D eigenvalue weighted by Gasteiger charge is 2.46. The van der Waals surface area contributed by atoms with Gasteiger partial charge in [0.05, 0.1) is 18.1 Å². The average Bonchev–Trinajstić information content (AvgIpc) is 3.30. The Balaban J connectivity index is 1.58. The van der Waals surface area contributed by atoms with E-state index in [4.69, 9.17) is 0 Å². The topological polar surface area (TPSA) is 55.4 Å². The highest BCUT2D eigenvalue weighted by molar-refractivity contribution is 5.26. The number of nitrogens with one attached hydrogen (secondary N) is 1. The van der Waals surface area contributed by atoms with E-state index in [1.165, 1.54) is 12.8 Å². The van der Waals surface area contributed by atoms with Crippen molar-refractivity contribution in [1.29, 1.82) is 0 Å². The lowest BCUT2D eigenvalue weighted by Crippen LogP contribution is -2.60. The maximum atomic E-state index is 11.7. The first-order valence-electron chi connectivity index (χ1n) is 9.40. The molecule has 1 aromatic carbocycles. The molecule has 5 nitrogen and oxygen atoms in total. The van der Waals surface area contributed by atoms with Crippen LogP contribution in [0.4, 0.5) is 0 Å². The quantitative estimate of drug-likeness (QED) is 0.897. The average molecular weight is 340 g/mol. The third-order valence-corrected chi connectivity index (χ3v) is 5.95. The van der Waals surface area contributed by atoms with Crippen molar-refractivity contribution < 1.29 is 5.11 Å². The van der Waals surface area contributed by atoms with Gasteiger partial charge in [-0.25, -0.2) is 4.98 Å². The van der Waals surface area contributed by atoms with Crippen LogP contribution in [0.1, 0.15) is 36.2 Å². The summed E-state index contributed by atoms with van der Waals surface area (Å²) in [5.41, 5.74) is 2.55. The number of piperidine rings is 1. The molecular formula is C20H28N4O. The molecule has 134 valence electrons. The second kappa shape index (κ2) is 6.90. The van der Waals surface area contributed by atoms with Crippen LogP contribution in [0.2, 0.25) is 0 Å². The molecule has 2 aromatic rings. The van der Waals surface area contributed by atoms with E-state index in [9.17, 15) is 5.11 Å². The van der Waals surface area contributed by atoms with Gasteiger partial charge in [0, 0.05) is 25.3 Å². The van der Waals surface area contributed by atoms with Crippen molar-refractivity contribution in [3.8, 4) is 0 Å². The van der Waals surface area contributed by atoms with Crippen molar-refractivity contribution >= 4 is 0 Å². The fraction of sp³-hybridized carbons (Fsp3) is 0.550. The van der Waals surface area contributed by atoms with Gasteiger partial charge in [0.1, 0.15) is 5.60 Å². The molecule has 0 spiro atoms. The van der Waals surface area contributed by atoms with Crippen molar-refractivity contribution in [2.24, 2.45) is 0 Å². The van der Waals surface area contributed by atoms with E-state index >= 15 is 0 Å². The second-order valence-electron chi connectivity index (χ2n) is 7.51. The molecule has 2 aliphatic rings. The number of H-pyrrole nitrogens is 1. The standard InChI is InChI=1S/C20H28N4O/c1-16-18(22-15-21-16)13-23-12-9-20(25,17-7-3-2-4-8-17)19(14-23)24-10-5-6-11-24/h2-4,7-8,15,19,25H,5-6,9-14H2,1H3,(H,21,22)/t19-,20+/m1/s1. The van der Waals surface area contributed by atoms with Gasteiger partial charge in [-0.05, 0) is 44.8 Å². The zero-order chi connectivity index (χ0) is 17.3. The molecule has 5 heteroatoms. The Morgan fingerprint density at radius 3 is 2.64 bits per heavy atom. The first-order valence-corrected chi connectivity index (χ1v) is 9.40. The Hall–Kier alpha value is -1.69. The largest absolute Gasteiger partial charge is 0.383 e. The minimum absolute atomic E-state index is 0.144. The number of imidazole rings is 1. The summed E-state index contributed by atoms with van der Waals surface area (Å²) >= 11 is 0. The lowest BCUT2D eigenvalue weighted by atomic mass is 9.79. The van der Waals surface area contributed by atoms with Gasteiger partial charge >= 0.3 is 0 Å². The monoisotopic (exact) mass is 340 g/mol. The number of likely N-dealkylation sites (tertiary alicyclic amines) is 2. The molecule has 2 atom stereocenters. The molecule has 3 heterocycles. The maximum absolute atomic E-state index is 11.7. The van der Waals surface area contributed by atoms with E-state index in [0.29, 0.717) is 0 Å². The molecule has 0 unspecified atom stereocenters. The summed E-state index contributed by atoms with van der Waals surface area (Å²) in [7, 11) is 0. The van der Waals surface area contributed by atoms with E-state index in [0.717, 1.165) is 56.1 Å². The molecule has 4 rings (SSSR count). The molecule has 0 amide bonds. The van der Waals surface area contributed by atoms with Gasteiger partial charge in [0.25, 0.3) is 0 Å². The Labute approximate surface area is 149 Å². The van der Waals surface area contributed by atoms with Crippen LogP contribution in [0.3, 0.4) is 0 Å². The van der Waals surface area contributed by atoms with Crippen LogP contribution in [-0.4, -0.2) is 57.1 Å². The highest BCUT2D eigenvalue weighted by atomic mass is 16.3. The molecule has 2 aliphatic heterocycles. The number of aromatic nitrogens is 2. The molecule has 0 radical (unpaired) electrons. The lowest BCUT2D eigenvalue weighted by Gasteiger charge is -2.48. The van der Waals surface area contributed by atoms with Crippen LogP contribution in [0.5, 0.6) is 0 Å². The SMILES string of the molecule is Cc1[nH]cnc1CN1CC[C@](O)(c2ccccc2)[C@H](N2CCCC2)C1. The van der Waals surface area contributed by atoms with Crippen LogP contribution in [-0.2, 0) is 12.1 Å². The molecule has 2 N–H and O–H groups in total. The van der Waals surface area contributed by atoms with E-state index in [1.807, 2.05) is 18.2 Å². The molecule has 0 saturated carbocycles. The Morgan fingerprint density at radius 2 is 1.96 bits per heavy atom. The number of aryl methyl sites for hydroxylation is 1. The summed E-state index contributed by atoms with van der Waals surface area (Å²) in [5, 5.41) is 11.7. The predicted octanol–water partition coefficient (Wildman–Crippen LogP) is 2.28. The minimum atomic E-state index is -0.761. The minimum Gasteiger partial charge on any atom is -0.383 e. The molecular weight excluding hydrogens is 312 g/mol. The Bertz CT molecular complexity index is 695. The van der Waals surface area contributed by atoms with Gasteiger partial charge in [0.15, 0.2) is 0 Å². The van der Waals surface area contributed by atoms with Crippen molar-refractivity contribution in [3.63, 3.8) is 0 Å². The van der Waals surface area contributed by atoms with Gasteiger partial charge in [-0.2, -0.15) is 0 Å². The fourth-order valence-corrected chi connectivity index (χ4v) is 4.42. The third kappa shape index (κ3) is 3.24. The first kappa shape index (κ1) is 16.8. The summed E-state index contributed by atoms with van der Waals surface area (Å²) in [6.07, 6.45) is 5.01. The van der Waals surface area contributed by atoms with E-state index < -0.39 is 5.60 Å². The van der Waals surface area contributed by atoms with E-state index in [2.05, 4.69) is 38.8 Å². The van der Waals surface area contributed by atoms with Gasteiger partial charge in [-0.1, -0.05) is 30.3 Å². The zero-order valence-electron chi connectivity index (χ0n) is 15.0. The summed E-state index contributed by atoms with van der Waals surface area (Å²) < 4.78 is 0. The van der Waals surface area contributed by atoms with Crippen molar-refractivity contribution in [3.05, 3.63) is 53.6 Å². The number of rotatable bonds is 4. The van der Waals surface area contributed by atoms with Crippen molar-refractivity contribution in [1.82, 2.24) is 19.8 Å². The molecule has 1 aromatic heterocycles. The van der Waals surface area contributed by atoms with Gasteiger partial charge in [-0.3, -0.25) is 9.80 Å². The summed E-state index contributed by atoms with van der Waals surface area (Å²) in [4.78, 5) is 12.6. The number of hydrogen-bond acceptors (Lipinski definition) is 4. The van der Waals surface area contributed by atoms with Gasteiger partial charge in [0.2, 0.25) is 0 Å². The third-order valence-electron chi connectivity index (χ3n) is 5.95. The van der Waals surface area contributed by atoms with Crippen molar-refractivity contribution in [2.75, 3.05) is 26.2 Å². The van der Waals surface area contributed by atoms with Gasteiger partial charge < -0.3 is 10.1 Å². The maximum Gasteiger partial charge on any atom is 0.108 e. The number of benzene rings is 1. The Morgan fingerprint density at radius 1 is 1.20 bits per heavy atom. The molecule has 25 heavy (non-hydrogen) atoms. The van der Waals surface area contributed by atoms with Crippen LogP contribution in [0.15, 0.2) is 36.7 Å². The fourth-order valence-electron chi connectivity index (χ4n) is 4.42. The number of aliphatic hydroxyl groups is 1. The number of hydrogen-bond donors (Lipinski definition) is 2. The Kier molecular flexibility index (Phi) is 4.63. The van der Waals surface area contributed by atoms with E-state index in [-0.39, 0.29) is 6.04 Å². The zero-order valence-corrected chi connectivity index (χ0v) is 15.0. The summed E-state index contributed by atoms with van der Waals surface area (Å²) in [6.45, 7) is 6.89. The smallest absolute Gasteiger partial charge is 0.108 e. The van der Waals surface area contributed by atoms with Crippen LogP contribution >= 0.6 is 0 Å². The van der Waals surface area contributed by atoms with Crippen LogP contribution in [0, 0.1) is 6.92 Å². The predicted molar refractivity (Wildman–Crippen MR) is 98.2 cm³/mol. The normalized spacial score (nSPS) is 28.5. The molecule has 0 bridgehead atoms. The number of aromatic amines is 1. The number of nitrogens with zero attached hydrogens (tertiary/aromatic N) is 3. The highest BCUT2D eigenvalue weighted by Crippen LogP contribution is 2.37. The molecule has 2 saturated heterocycles. The second-order valence-corrected chi connectivity index (χ2v) is 7.51. The lowest BCUT2D eigenvalue weighted by molar-refractivity contribution is -0.0960. The van der Waals surface area contributed by atoms with Gasteiger partial charge in [-0.15, -0.1) is 0 Å².